The number of benzene rings is 1. The number of oxazole rings is 1. The van der Waals surface area contributed by atoms with Crippen molar-refractivity contribution in [3.63, 3.8) is 0 Å². The number of nitrogens with one attached hydrogen (secondary N) is 1. The highest BCUT2D eigenvalue weighted by atomic mass is 19.4. The molecule has 1 saturated carbocycles. The molecule has 2 aliphatic rings. The molecule has 3 atom stereocenters. The van der Waals surface area contributed by atoms with Crippen molar-refractivity contribution in [1.29, 1.82) is 0 Å². The lowest BCUT2D eigenvalue weighted by atomic mass is 10.0. The largest absolute Gasteiger partial charge is 0.494 e. The maximum Gasteiger partial charge on any atom is 0.433 e. The van der Waals surface area contributed by atoms with Gasteiger partial charge in [-0.3, -0.25) is 14.4 Å². The van der Waals surface area contributed by atoms with Crippen molar-refractivity contribution in [2.45, 2.75) is 90.1 Å². The second kappa shape index (κ2) is 13.7. The zero-order valence-electron chi connectivity index (χ0n) is 28.1. The third-order valence-corrected chi connectivity index (χ3v) is 8.17. The molecule has 0 bridgehead atoms. The lowest BCUT2D eigenvalue weighted by molar-refractivity contribution is -0.155. The average molecular weight is 689 g/mol. The third-order valence-electron chi connectivity index (χ3n) is 8.17. The van der Waals surface area contributed by atoms with Crippen LogP contribution in [0, 0.1) is 5.92 Å². The van der Waals surface area contributed by atoms with Crippen molar-refractivity contribution in [3.05, 3.63) is 41.4 Å². The monoisotopic (exact) mass is 688 g/mol. The number of aromatic nitrogens is 2. The van der Waals surface area contributed by atoms with Crippen LogP contribution in [0.15, 0.2) is 28.7 Å². The van der Waals surface area contributed by atoms with E-state index in [1.54, 1.807) is 34.6 Å². The Morgan fingerprint density at radius 1 is 1.08 bits per heavy atom. The molecule has 2 fully saturated rings. The number of amides is 2. The van der Waals surface area contributed by atoms with Gasteiger partial charge in [0.25, 0.3) is 5.91 Å². The van der Waals surface area contributed by atoms with E-state index in [1.807, 2.05) is 0 Å². The summed E-state index contributed by atoms with van der Waals surface area (Å²) >= 11 is 0. The molecule has 2 amide bonds. The van der Waals surface area contributed by atoms with Crippen LogP contribution in [0.5, 0.6) is 5.75 Å². The number of pyridine rings is 1. The maximum absolute atomic E-state index is 14.4. The van der Waals surface area contributed by atoms with Gasteiger partial charge in [-0.2, -0.15) is 13.2 Å². The maximum atomic E-state index is 14.4. The molecule has 1 N–H and O–H groups in total. The molecule has 264 valence electrons. The number of esters is 2. The standard InChI is InChI=1S/C34H39F3N4O8/c1-7-47-32(45)22-15-19(38-29(43)18-8-9-18)16-41(22)31(44)27-28(17(2)14-25(42)49-33(3,4)5)48-30(40-27)21-10-12-23(46-6)26-20(21)11-13-24(39-26)34(35,36)37/h10-13,17-19,22H,7-9,14-16H2,1-6H3,(H,38,43)/t17-,19-,22+/m1/s1. The van der Waals surface area contributed by atoms with Gasteiger partial charge in [0.2, 0.25) is 11.8 Å². The number of carbonyl (C=O) groups is 4. The number of rotatable bonds is 10. The second-order valence-electron chi connectivity index (χ2n) is 13.3. The average Bonchev–Trinajstić information content (AvgIpc) is 3.64. The first-order valence-electron chi connectivity index (χ1n) is 16.1. The number of halogens is 3. The molecule has 3 aromatic rings. The van der Waals surface area contributed by atoms with Crippen LogP contribution in [0.3, 0.4) is 0 Å². The van der Waals surface area contributed by atoms with Crippen LogP contribution in [0.25, 0.3) is 22.4 Å². The molecule has 3 heterocycles. The van der Waals surface area contributed by atoms with Gasteiger partial charge >= 0.3 is 18.1 Å². The SMILES string of the molecule is CCOC(=O)[C@@H]1C[C@@H](NC(=O)C2CC2)CN1C(=O)c1nc(-c2ccc(OC)c3nc(C(F)(F)F)ccc23)oc1[C@H](C)CC(=O)OC(C)(C)C. The molecule has 0 unspecified atom stereocenters. The zero-order valence-corrected chi connectivity index (χ0v) is 28.1. The van der Waals surface area contributed by atoms with E-state index in [4.69, 9.17) is 18.6 Å². The van der Waals surface area contributed by atoms with E-state index >= 15 is 0 Å². The molecule has 0 spiro atoms. The summed E-state index contributed by atoms with van der Waals surface area (Å²) in [6.45, 7) is 8.47. The minimum absolute atomic E-state index is 0.00257. The fraction of sp³-hybridized carbons (Fsp3) is 0.529. The number of nitrogens with zero attached hydrogens (tertiary/aromatic N) is 3. The van der Waals surface area contributed by atoms with Gasteiger partial charge in [0.15, 0.2) is 5.69 Å². The van der Waals surface area contributed by atoms with Crippen molar-refractivity contribution in [2.24, 2.45) is 5.92 Å². The Bertz CT molecular complexity index is 1760. The Balaban J connectivity index is 1.58. The predicted molar refractivity (Wildman–Crippen MR) is 168 cm³/mol. The number of hydrogen-bond acceptors (Lipinski definition) is 10. The first-order valence-corrected chi connectivity index (χ1v) is 16.1. The van der Waals surface area contributed by atoms with E-state index in [-0.39, 0.29) is 77.4 Å². The second-order valence-corrected chi connectivity index (χ2v) is 13.3. The topological polar surface area (TPSA) is 150 Å². The summed E-state index contributed by atoms with van der Waals surface area (Å²) in [5.41, 5.74) is -2.03. The van der Waals surface area contributed by atoms with Crippen LogP contribution in [0.2, 0.25) is 0 Å². The third kappa shape index (κ3) is 7.97. The van der Waals surface area contributed by atoms with Crippen molar-refractivity contribution in [2.75, 3.05) is 20.3 Å². The van der Waals surface area contributed by atoms with Gasteiger partial charge in [0, 0.05) is 41.8 Å². The predicted octanol–water partition coefficient (Wildman–Crippen LogP) is 5.42. The van der Waals surface area contributed by atoms with Crippen LogP contribution < -0.4 is 10.1 Å². The van der Waals surface area contributed by atoms with Crippen LogP contribution in [0.1, 0.15) is 88.2 Å². The van der Waals surface area contributed by atoms with Crippen molar-refractivity contribution in [1.82, 2.24) is 20.2 Å². The smallest absolute Gasteiger partial charge is 0.433 e. The molecule has 1 aromatic carbocycles. The van der Waals surface area contributed by atoms with Crippen LogP contribution in [-0.2, 0) is 30.0 Å². The molecule has 15 heteroatoms. The van der Waals surface area contributed by atoms with Crippen molar-refractivity contribution >= 4 is 34.7 Å². The molecular weight excluding hydrogens is 649 g/mol. The lowest BCUT2D eigenvalue weighted by Crippen LogP contribution is -2.42. The van der Waals surface area contributed by atoms with Gasteiger partial charge in [0.1, 0.15) is 34.4 Å². The highest BCUT2D eigenvalue weighted by Gasteiger charge is 2.44. The summed E-state index contributed by atoms with van der Waals surface area (Å²) < 4.78 is 62.9. The van der Waals surface area contributed by atoms with E-state index in [0.29, 0.717) is 0 Å². The summed E-state index contributed by atoms with van der Waals surface area (Å²) in [4.78, 5) is 62.4. The molecule has 1 aliphatic heterocycles. The Labute approximate surface area is 280 Å². The number of carbonyl (C=O) groups excluding carboxylic acids is 4. The molecule has 5 rings (SSSR count). The fourth-order valence-electron chi connectivity index (χ4n) is 5.79. The van der Waals surface area contributed by atoms with Gasteiger partial charge in [-0.25, -0.2) is 14.8 Å². The fourth-order valence-corrected chi connectivity index (χ4v) is 5.79. The summed E-state index contributed by atoms with van der Waals surface area (Å²) in [7, 11) is 1.30. The summed E-state index contributed by atoms with van der Waals surface area (Å²) in [6, 6.07) is 3.38. The molecule has 1 saturated heterocycles. The van der Waals surface area contributed by atoms with E-state index < -0.39 is 53.3 Å². The molecule has 1 aliphatic carbocycles. The van der Waals surface area contributed by atoms with Gasteiger partial charge < -0.3 is 28.8 Å². The minimum atomic E-state index is -4.72. The van der Waals surface area contributed by atoms with Crippen molar-refractivity contribution in [3.8, 4) is 17.2 Å². The first-order chi connectivity index (χ1) is 23.0. The number of methoxy groups -OCH3 is 1. The summed E-state index contributed by atoms with van der Waals surface area (Å²) in [5.74, 6) is -2.99. The van der Waals surface area contributed by atoms with E-state index in [0.717, 1.165) is 18.9 Å². The Kier molecular flexibility index (Phi) is 9.94. The molecule has 49 heavy (non-hydrogen) atoms. The number of likely N-dealkylation sites (tertiary alicyclic amines) is 1. The Morgan fingerprint density at radius 3 is 2.41 bits per heavy atom. The highest BCUT2D eigenvalue weighted by Crippen LogP contribution is 2.39. The summed E-state index contributed by atoms with van der Waals surface area (Å²) in [5, 5.41) is 3.12. The molecule has 12 nitrogen and oxygen atoms in total. The quantitative estimate of drug-likeness (QED) is 0.274. The molecule has 2 aromatic heterocycles. The van der Waals surface area contributed by atoms with Gasteiger partial charge in [-0.05, 0) is 64.8 Å². The molecular formula is C34H39F3N4O8. The van der Waals surface area contributed by atoms with Crippen LogP contribution in [0.4, 0.5) is 13.2 Å². The number of alkyl halides is 3. The lowest BCUT2D eigenvalue weighted by Gasteiger charge is -2.23. The van der Waals surface area contributed by atoms with Gasteiger partial charge in [-0.15, -0.1) is 0 Å². The van der Waals surface area contributed by atoms with Crippen LogP contribution in [-0.4, -0.2) is 76.6 Å². The molecule has 0 radical (unpaired) electrons. The number of fused-ring (bicyclic) bond motifs is 1. The van der Waals surface area contributed by atoms with Crippen LogP contribution >= 0.6 is 0 Å². The Morgan fingerprint density at radius 2 is 1.80 bits per heavy atom. The van der Waals surface area contributed by atoms with Crippen molar-refractivity contribution < 1.29 is 51.0 Å². The summed E-state index contributed by atoms with van der Waals surface area (Å²) in [6.07, 6.45) is -3.25. The zero-order chi connectivity index (χ0) is 35.8. The highest BCUT2D eigenvalue weighted by molar-refractivity contribution is 5.99. The number of ether oxygens (including phenoxy) is 3. The minimum Gasteiger partial charge on any atom is -0.494 e. The van der Waals surface area contributed by atoms with E-state index in [9.17, 15) is 32.3 Å². The van der Waals surface area contributed by atoms with Gasteiger partial charge in [-0.1, -0.05) is 6.92 Å². The van der Waals surface area contributed by atoms with Gasteiger partial charge in [0.05, 0.1) is 20.1 Å². The normalized spacial score (nSPS) is 18.7. The van der Waals surface area contributed by atoms with E-state index in [1.165, 1.54) is 30.2 Å². The first kappa shape index (κ1) is 35.6. The Hall–Kier alpha value is -4.69. The number of hydrogen-bond donors (Lipinski definition) is 1. The van der Waals surface area contributed by atoms with E-state index in [2.05, 4.69) is 15.3 Å².